The zero-order valence-corrected chi connectivity index (χ0v) is 7.26. The van der Waals surface area contributed by atoms with E-state index in [1.807, 2.05) is 25.1 Å². The molecule has 0 aliphatic carbocycles. The van der Waals surface area contributed by atoms with Crippen molar-refractivity contribution in [3.05, 3.63) is 34.9 Å². The molecule has 0 unspecified atom stereocenters. The molecule has 2 N–H and O–H groups in total. The van der Waals surface area contributed by atoms with Crippen molar-refractivity contribution >= 4 is 19.7 Å². The van der Waals surface area contributed by atoms with Gasteiger partial charge in [-0.25, -0.2) is 0 Å². The third-order valence-corrected chi connectivity index (χ3v) is 2.25. The van der Waals surface area contributed by atoms with Crippen molar-refractivity contribution in [3.8, 4) is 0 Å². The van der Waals surface area contributed by atoms with Gasteiger partial charge in [-0.1, -0.05) is 18.2 Å². The third kappa shape index (κ3) is 0.916. The van der Waals surface area contributed by atoms with Gasteiger partial charge < -0.3 is 4.81 Å². The Labute approximate surface area is 77.8 Å². The van der Waals surface area contributed by atoms with E-state index in [-0.39, 0.29) is 11.7 Å². The van der Waals surface area contributed by atoms with E-state index in [0.717, 1.165) is 21.5 Å². The molecule has 2 radical (unpaired) electrons. The lowest BCUT2D eigenvalue weighted by atomic mass is 10.0. The van der Waals surface area contributed by atoms with Crippen molar-refractivity contribution in [1.82, 2.24) is 4.81 Å². The van der Waals surface area contributed by atoms with Gasteiger partial charge in [-0.05, 0) is 12.5 Å². The van der Waals surface area contributed by atoms with Gasteiger partial charge in [0, 0.05) is 11.1 Å². The van der Waals surface area contributed by atoms with Crippen LogP contribution in [0.1, 0.15) is 16.7 Å². The Bertz CT molecular complexity index is 411. The fraction of sp³-hybridized carbons (Fsp3) is 0.111. The SMILES string of the molecule is [B]N1C(=N)c2cccc(C)c2C1=N. The van der Waals surface area contributed by atoms with Crippen LogP contribution in [0.5, 0.6) is 0 Å². The highest BCUT2D eigenvalue weighted by Gasteiger charge is 2.26. The lowest BCUT2D eigenvalue weighted by Gasteiger charge is -2.10. The molecule has 0 atom stereocenters. The van der Waals surface area contributed by atoms with Gasteiger partial charge in [-0.2, -0.15) is 0 Å². The highest BCUT2D eigenvalue weighted by atomic mass is 15.1. The molecule has 4 heteroatoms. The Hall–Kier alpha value is -1.58. The van der Waals surface area contributed by atoms with Crippen LogP contribution in [-0.4, -0.2) is 24.5 Å². The van der Waals surface area contributed by atoms with Crippen LogP contribution in [0.25, 0.3) is 0 Å². The molecule has 62 valence electrons. The summed E-state index contributed by atoms with van der Waals surface area (Å²) in [6.07, 6.45) is 0. The van der Waals surface area contributed by atoms with Crippen molar-refractivity contribution in [2.75, 3.05) is 0 Å². The number of nitrogens with zero attached hydrogens (tertiary/aromatic N) is 1. The van der Waals surface area contributed by atoms with E-state index in [9.17, 15) is 0 Å². The maximum absolute atomic E-state index is 7.67. The molecule has 0 aromatic heterocycles. The number of fused-ring (bicyclic) bond motifs is 1. The Morgan fingerprint density at radius 1 is 1.23 bits per heavy atom. The number of hydrogen-bond donors (Lipinski definition) is 2. The summed E-state index contributed by atoms with van der Waals surface area (Å²) in [6.45, 7) is 1.92. The summed E-state index contributed by atoms with van der Waals surface area (Å²) in [5.74, 6) is 0.404. The zero-order valence-electron chi connectivity index (χ0n) is 7.26. The third-order valence-electron chi connectivity index (χ3n) is 2.25. The first-order valence-corrected chi connectivity index (χ1v) is 3.95. The summed E-state index contributed by atoms with van der Waals surface area (Å²) in [4.78, 5) is 1.09. The lowest BCUT2D eigenvalue weighted by Crippen LogP contribution is -2.26. The lowest BCUT2D eigenvalue weighted by molar-refractivity contribution is 0.977. The van der Waals surface area contributed by atoms with Gasteiger partial charge in [-0.3, -0.25) is 10.8 Å². The maximum Gasteiger partial charge on any atom is 0.238 e. The first kappa shape index (κ1) is 8.04. The summed E-state index contributed by atoms with van der Waals surface area (Å²) in [5, 5.41) is 15.3. The smallest absolute Gasteiger partial charge is 0.238 e. The van der Waals surface area contributed by atoms with Crippen LogP contribution in [0, 0.1) is 17.7 Å². The van der Waals surface area contributed by atoms with Gasteiger partial charge in [-0.15, -0.1) is 0 Å². The number of benzene rings is 1. The molecule has 3 nitrogen and oxygen atoms in total. The first-order chi connectivity index (χ1) is 6.13. The minimum atomic E-state index is 0.198. The fourth-order valence-corrected chi connectivity index (χ4v) is 1.54. The molecule has 1 aromatic rings. The summed E-state index contributed by atoms with van der Waals surface area (Å²) in [7, 11) is 5.53. The Morgan fingerprint density at radius 3 is 2.54 bits per heavy atom. The van der Waals surface area contributed by atoms with Gasteiger partial charge in [0.2, 0.25) is 7.98 Å². The molecule has 0 spiro atoms. The van der Waals surface area contributed by atoms with Crippen LogP contribution < -0.4 is 0 Å². The van der Waals surface area contributed by atoms with Crippen molar-refractivity contribution in [3.63, 3.8) is 0 Å². The molecule has 1 aliphatic heterocycles. The van der Waals surface area contributed by atoms with E-state index < -0.39 is 0 Å². The average molecular weight is 169 g/mol. The number of amidine groups is 2. The molecular weight excluding hydrogens is 161 g/mol. The average Bonchev–Trinajstić information content (AvgIpc) is 2.33. The van der Waals surface area contributed by atoms with E-state index in [0.29, 0.717) is 0 Å². The van der Waals surface area contributed by atoms with Gasteiger partial charge in [0.1, 0.15) is 11.7 Å². The number of aryl methyl sites for hydroxylation is 1. The van der Waals surface area contributed by atoms with Gasteiger partial charge in [0.25, 0.3) is 0 Å². The molecule has 1 aliphatic rings. The molecular formula is C9H8BN3. The second kappa shape index (κ2) is 2.45. The van der Waals surface area contributed by atoms with Crippen LogP contribution in [0.2, 0.25) is 0 Å². The standard InChI is InChI=1S/C9H8BN3/c1-5-3-2-4-6-7(5)9(12)13(10)8(6)11/h2-4,11-12H,1H3. The maximum atomic E-state index is 7.67. The summed E-state index contributed by atoms with van der Waals surface area (Å²) in [6, 6.07) is 5.60. The molecule has 2 rings (SSSR count). The number of nitrogens with one attached hydrogen (secondary N) is 2. The monoisotopic (exact) mass is 169 g/mol. The van der Waals surface area contributed by atoms with Crippen molar-refractivity contribution < 1.29 is 0 Å². The fourth-order valence-electron chi connectivity index (χ4n) is 1.54. The van der Waals surface area contributed by atoms with E-state index in [1.165, 1.54) is 0 Å². The molecule has 0 saturated heterocycles. The highest BCUT2D eigenvalue weighted by Crippen LogP contribution is 2.23. The normalized spacial score (nSPS) is 15.0. The Morgan fingerprint density at radius 2 is 1.92 bits per heavy atom. The predicted octanol–water partition coefficient (Wildman–Crippen LogP) is 1.04. The molecule has 13 heavy (non-hydrogen) atoms. The van der Waals surface area contributed by atoms with Crippen molar-refractivity contribution in [1.29, 1.82) is 10.8 Å². The Balaban J connectivity index is 2.74. The molecule has 0 bridgehead atoms. The predicted molar refractivity (Wildman–Crippen MR) is 52.4 cm³/mol. The van der Waals surface area contributed by atoms with Gasteiger partial charge >= 0.3 is 0 Å². The molecule has 0 fully saturated rings. The minimum absolute atomic E-state index is 0.198. The first-order valence-electron chi connectivity index (χ1n) is 3.95. The molecule has 1 heterocycles. The Kier molecular flexibility index (Phi) is 1.52. The summed E-state index contributed by atoms with van der Waals surface area (Å²) in [5.41, 5.74) is 2.50. The second-order valence-corrected chi connectivity index (χ2v) is 3.06. The largest absolute Gasteiger partial charge is 0.368 e. The quantitative estimate of drug-likeness (QED) is 0.560. The number of hydrogen-bond acceptors (Lipinski definition) is 2. The highest BCUT2D eigenvalue weighted by molar-refractivity contribution is 6.37. The van der Waals surface area contributed by atoms with Crippen LogP contribution in [0.3, 0.4) is 0 Å². The molecule has 0 saturated carbocycles. The van der Waals surface area contributed by atoms with E-state index in [1.54, 1.807) is 0 Å². The van der Waals surface area contributed by atoms with Gasteiger partial charge in [0.05, 0.1) is 0 Å². The topological polar surface area (TPSA) is 50.9 Å². The second-order valence-electron chi connectivity index (χ2n) is 3.06. The van der Waals surface area contributed by atoms with E-state index in [4.69, 9.17) is 18.8 Å². The molecule has 1 aromatic carbocycles. The van der Waals surface area contributed by atoms with E-state index in [2.05, 4.69) is 0 Å². The van der Waals surface area contributed by atoms with Crippen LogP contribution in [0.15, 0.2) is 18.2 Å². The molecule has 0 amide bonds. The van der Waals surface area contributed by atoms with Crippen LogP contribution in [0.4, 0.5) is 0 Å². The van der Waals surface area contributed by atoms with Gasteiger partial charge in [0.15, 0.2) is 0 Å². The summed E-state index contributed by atoms with van der Waals surface area (Å²) >= 11 is 0. The van der Waals surface area contributed by atoms with Crippen LogP contribution in [-0.2, 0) is 0 Å². The number of rotatable bonds is 0. The minimum Gasteiger partial charge on any atom is -0.368 e. The van der Waals surface area contributed by atoms with Crippen molar-refractivity contribution in [2.24, 2.45) is 0 Å². The zero-order chi connectivity index (χ0) is 9.59. The van der Waals surface area contributed by atoms with E-state index >= 15 is 0 Å². The van der Waals surface area contributed by atoms with Crippen LogP contribution >= 0.6 is 0 Å². The summed E-state index contributed by atoms with van der Waals surface area (Å²) < 4.78 is 0. The van der Waals surface area contributed by atoms with Crippen molar-refractivity contribution in [2.45, 2.75) is 6.92 Å².